The molecule has 136 valence electrons. The van der Waals surface area contributed by atoms with E-state index < -0.39 is 30.1 Å². The van der Waals surface area contributed by atoms with Crippen LogP contribution in [0.2, 0.25) is 0 Å². The van der Waals surface area contributed by atoms with Crippen LogP contribution in [0.25, 0.3) is 0 Å². The van der Waals surface area contributed by atoms with Gasteiger partial charge in [0.25, 0.3) is 0 Å². The first-order valence-electron chi connectivity index (χ1n) is 8.90. The summed E-state index contributed by atoms with van der Waals surface area (Å²) in [6, 6.07) is -2.31. The van der Waals surface area contributed by atoms with E-state index in [-0.39, 0.29) is 17.9 Å². The van der Waals surface area contributed by atoms with E-state index in [0.717, 1.165) is 25.7 Å². The Labute approximate surface area is 142 Å². The van der Waals surface area contributed by atoms with Crippen LogP contribution < -0.4 is 5.32 Å². The molecule has 1 saturated heterocycles. The van der Waals surface area contributed by atoms with Crippen molar-refractivity contribution >= 4 is 17.8 Å². The first-order chi connectivity index (χ1) is 11.4. The molecule has 2 rings (SSSR count). The maximum Gasteiger partial charge on any atom is 0.326 e. The first kappa shape index (κ1) is 18.7. The quantitative estimate of drug-likeness (QED) is 0.648. The number of hydrogen-bond donors (Lipinski definition) is 3. The summed E-state index contributed by atoms with van der Waals surface area (Å²) in [4.78, 5) is 37.3. The van der Waals surface area contributed by atoms with Crippen molar-refractivity contribution in [3.8, 4) is 0 Å². The molecule has 5 atom stereocenters. The number of fused-ring (bicyclic) bond motifs is 1. The van der Waals surface area contributed by atoms with E-state index in [1.165, 1.54) is 4.90 Å². The molecular formula is C17H28N2O5. The number of likely N-dealkylation sites (tertiary alicyclic amines) is 1. The second-order valence-corrected chi connectivity index (χ2v) is 7.01. The van der Waals surface area contributed by atoms with E-state index in [1.54, 1.807) is 6.92 Å². The van der Waals surface area contributed by atoms with Gasteiger partial charge in [-0.3, -0.25) is 14.9 Å². The largest absolute Gasteiger partial charge is 0.480 e. The normalized spacial score (nSPS) is 28.9. The molecule has 0 aromatic carbocycles. The van der Waals surface area contributed by atoms with Crippen molar-refractivity contribution in [2.45, 2.75) is 83.0 Å². The minimum atomic E-state index is -0.983. The average molecular weight is 340 g/mol. The monoisotopic (exact) mass is 340 g/mol. The lowest BCUT2D eigenvalue weighted by Crippen LogP contribution is -2.55. The molecule has 1 amide bonds. The van der Waals surface area contributed by atoms with Crippen molar-refractivity contribution in [2.75, 3.05) is 0 Å². The topological polar surface area (TPSA) is 107 Å². The van der Waals surface area contributed by atoms with Gasteiger partial charge in [-0.1, -0.05) is 26.2 Å². The summed E-state index contributed by atoms with van der Waals surface area (Å²) in [6.45, 7) is 3.51. The van der Waals surface area contributed by atoms with Crippen molar-refractivity contribution in [2.24, 2.45) is 5.92 Å². The van der Waals surface area contributed by atoms with Crippen molar-refractivity contribution in [1.82, 2.24) is 10.2 Å². The van der Waals surface area contributed by atoms with Crippen molar-refractivity contribution in [3.63, 3.8) is 0 Å². The maximum absolute atomic E-state index is 12.9. The van der Waals surface area contributed by atoms with Gasteiger partial charge in [0.2, 0.25) is 5.91 Å². The number of nitrogens with zero attached hydrogens (tertiary/aromatic N) is 1. The Bertz CT molecular complexity index is 495. The number of hydrogen-bond acceptors (Lipinski definition) is 4. The molecule has 1 heterocycles. The molecule has 0 spiro atoms. The molecule has 0 radical (unpaired) electrons. The van der Waals surface area contributed by atoms with Gasteiger partial charge >= 0.3 is 11.9 Å². The predicted molar refractivity (Wildman–Crippen MR) is 87.6 cm³/mol. The SMILES string of the molecule is CCC[C@@H](N[C@H](C)C(=O)N1[C@H](C(=O)O)C[C@@H]2CCCC[C@@H]21)C(=O)O. The second kappa shape index (κ2) is 7.96. The van der Waals surface area contributed by atoms with Crippen LogP contribution in [0.5, 0.6) is 0 Å². The summed E-state index contributed by atoms with van der Waals surface area (Å²) >= 11 is 0. The maximum atomic E-state index is 12.9. The molecule has 24 heavy (non-hydrogen) atoms. The molecule has 0 aromatic rings. The van der Waals surface area contributed by atoms with Gasteiger partial charge in [0.1, 0.15) is 12.1 Å². The zero-order chi connectivity index (χ0) is 17.9. The van der Waals surface area contributed by atoms with Gasteiger partial charge in [-0.25, -0.2) is 4.79 Å². The molecule has 3 N–H and O–H groups in total. The minimum Gasteiger partial charge on any atom is -0.480 e. The van der Waals surface area contributed by atoms with Gasteiger partial charge in [0.15, 0.2) is 0 Å². The molecule has 1 saturated carbocycles. The van der Waals surface area contributed by atoms with Gasteiger partial charge in [0, 0.05) is 6.04 Å². The second-order valence-electron chi connectivity index (χ2n) is 7.01. The number of carbonyl (C=O) groups is 3. The standard InChI is InChI=1S/C17H28N2O5/c1-3-6-12(16(21)22)18-10(2)15(20)19-13-8-5-4-7-11(13)9-14(19)17(23)24/h10-14,18H,3-9H2,1-2H3,(H,21,22)(H,23,24)/t10-,11+,12-,13+,14+/m1/s1. The zero-order valence-electron chi connectivity index (χ0n) is 14.4. The summed E-state index contributed by atoms with van der Waals surface area (Å²) in [5, 5.41) is 21.6. The lowest BCUT2D eigenvalue weighted by atomic mass is 9.84. The summed E-state index contributed by atoms with van der Waals surface area (Å²) in [5.41, 5.74) is 0. The van der Waals surface area contributed by atoms with Crippen LogP contribution in [0.3, 0.4) is 0 Å². The fraction of sp³-hybridized carbons (Fsp3) is 0.824. The van der Waals surface area contributed by atoms with Gasteiger partial charge in [-0.2, -0.15) is 0 Å². The van der Waals surface area contributed by atoms with Gasteiger partial charge in [-0.05, 0) is 38.5 Å². The highest BCUT2D eigenvalue weighted by molar-refractivity contribution is 5.88. The molecule has 0 bridgehead atoms. The molecule has 1 aliphatic heterocycles. The smallest absolute Gasteiger partial charge is 0.326 e. The van der Waals surface area contributed by atoms with Gasteiger partial charge in [-0.15, -0.1) is 0 Å². The molecule has 1 aliphatic carbocycles. The lowest BCUT2D eigenvalue weighted by molar-refractivity contribution is -0.151. The third-order valence-corrected chi connectivity index (χ3v) is 5.32. The van der Waals surface area contributed by atoms with Crippen LogP contribution in [0.4, 0.5) is 0 Å². The van der Waals surface area contributed by atoms with Gasteiger partial charge in [0.05, 0.1) is 6.04 Å². The predicted octanol–water partition coefficient (Wildman–Crippen LogP) is 1.46. The number of aliphatic carboxylic acids is 2. The molecule has 2 aliphatic rings. The number of amides is 1. The number of carboxylic acid groups (broad SMARTS) is 2. The fourth-order valence-electron chi connectivity index (χ4n) is 4.16. The van der Waals surface area contributed by atoms with E-state index >= 15 is 0 Å². The fourth-order valence-corrected chi connectivity index (χ4v) is 4.16. The highest BCUT2D eigenvalue weighted by Gasteiger charge is 2.48. The Kier molecular flexibility index (Phi) is 6.21. The Morgan fingerprint density at radius 2 is 1.88 bits per heavy atom. The molecular weight excluding hydrogens is 312 g/mol. The van der Waals surface area contributed by atoms with E-state index in [2.05, 4.69) is 5.32 Å². The first-order valence-corrected chi connectivity index (χ1v) is 8.90. The number of carboxylic acids is 2. The number of carbonyl (C=O) groups excluding carboxylic acids is 1. The van der Waals surface area contributed by atoms with Crippen LogP contribution in [-0.4, -0.2) is 57.1 Å². The number of nitrogens with one attached hydrogen (secondary N) is 1. The Morgan fingerprint density at radius 3 is 2.46 bits per heavy atom. The average Bonchev–Trinajstić information content (AvgIpc) is 2.93. The molecule has 2 fully saturated rings. The summed E-state index contributed by atoms with van der Waals surface area (Å²) in [6.07, 6.45) is 5.53. The molecule has 7 heteroatoms. The van der Waals surface area contributed by atoms with Gasteiger partial charge < -0.3 is 15.1 Å². The van der Waals surface area contributed by atoms with E-state index in [1.807, 2.05) is 6.92 Å². The van der Waals surface area contributed by atoms with E-state index in [4.69, 9.17) is 0 Å². The Balaban J connectivity index is 2.12. The lowest BCUT2D eigenvalue weighted by Gasteiger charge is -2.35. The minimum absolute atomic E-state index is 0.0222. The summed E-state index contributed by atoms with van der Waals surface area (Å²) in [7, 11) is 0. The Hall–Kier alpha value is -1.63. The van der Waals surface area contributed by atoms with E-state index in [9.17, 15) is 24.6 Å². The van der Waals surface area contributed by atoms with Crippen molar-refractivity contribution in [3.05, 3.63) is 0 Å². The third kappa shape index (κ3) is 3.88. The van der Waals surface area contributed by atoms with E-state index in [0.29, 0.717) is 19.3 Å². The van der Waals surface area contributed by atoms with Crippen LogP contribution in [0.15, 0.2) is 0 Å². The summed E-state index contributed by atoms with van der Waals surface area (Å²) < 4.78 is 0. The summed E-state index contributed by atoms with van der Waals surface area (Å²) in [5.74, 6) is -1.99. The molecule has 7 nitrogen and oxygen atoms in total. The third-order valence-electron chi connectivity index (χ3n) is 5.32. The van der Waals surface area contributed by atoms with Crippen molar-refractivity contribution in [1.29, 1.82) is 0 Å². The highest BCUT2D eigenvalue weighted by Crippen LogP contribution is 2.40. The number of rotatable bonds is 7. The van der Waals surface area contributed by atoms with Crippen LogP contribution in [0, 0.1) is 5.92 Å². The Morgan fingerprint density at radius 1 is 1.21 bits per heavy atom. The molecule has 0 unspecified atom stereocenters. The van der Waals surface area contributed by atoms with Crippen molar-refractivity contribution < 1.29 is 24.6 Å². The highest BCUT2D eigenvalue weighted by atomic mass is 16.4. The molecule has 0 aromatic heterocycles. The van der Waals surface area contributed by atoms with Crippen LogP contribution in [-0.2, 0) is 14.4 Å². The van der Waals surface area contributed by atoms with Crippen LogP contribution >= 0.6 is 0 Å². The van der Waals surface area contributed by atoms with Crippen LogP contribution in [0.1, 0.15) is 58.8 Å². The zero-order valence-corrected chi connectivity index (χ0v) is 14.4.